The molecule has 10 heteroatoms. The summed E-state index contributed by atoms with van der Waals surface area (Å²) in [4.78, 5) is 42.5. The van der Waals surface area contributed by atoms with Crippen molar-refractivity contribution < 1.29 is 14.4 Å². The van der Waals surface area contributed by atoms with E-state index in [9.17, 15) is 14.4 Å². The Morgan fingerprint density at radius 1 is 0.837 bits per heavy atom. The lowest BCUT2D eigenvalue weighted by atomic mass is 9.55. The number of hydrogen-bond donors (Lipinski definition) is 1. The van der Waals surface area contributed by atoms with Gasteiger partial charge in [0, 0.05) is 30.7 Å². The number of Topliss-reactive ketones (excluding diaryl/α,β-unsaturated/α-hetero) is 1. The van der Waals surface area contributed by atoms with Crippen LogP contribution in [0.2, 0.25) is 25.9 Å². The fraction of sp³-hybridized carbons (Fsp3) is 0.242. The van der Waals surface area contributed by atoms with Gasteiger partial charge in [0.05, 0.1) is 20.1 Å². The summed E-state index contributed by atoms with van der Waals surface area (Å²) in [5, 5.41) is 4.46. The minimum atomic E-state index is -0.822. The number of carbonyl (C=O) groups is 3. The molecule has 1 atom stereocenters. The van der Waals surface area contributed by atoms with E-state index in [-0.39, 0.29) is 36.4 Å². The Balaban J connectivity index is 1.48. The van der Waals surface area contributed by atoms with E-state index in [4.69, 9.17) is 46.4 Å². The molecule has 2 aliphatic rings. The van der Waals surface area contributed by atoms with Gasteiger partial charge in [-0.05, 0) is 53.1 Å². The van der Waals surface area contributed by atoms with E-state index in [1.807, 2.05) is 30.3 Å². The highest BCUT2D eigenvalue weighted by Crippen LogP contribution is 2.32. The number of likely N-dealkylation sites (tertiary alicyclic amines) is 1. The summed E-state index contributed by atoms with van der Waals surface area (Å²) in [6.07, 6.45) is 6.79. The molecule has 219 valence electrons. The zero-order valence-electron chi connectivity index (χ0n) is 23.2. The van der Waals surface area contributed by atoms with Crippen molar-refractivity contribution in [3.05, 3.63) is 115 Å². The number of ketones is 1. The summed E-state index contributed by atoms with van der Waals surface area (Å²) in [7, 11) is 1.68. The molecule has 0 spiro atoms. The molecule has 0 aromatic heterocycles. The zero-order chi connectivity index (χ0) is 30.5. The minimum Gasteiger partial charge on any atom is -0.353 e. The number of benzene rings is 3. The van der Waals surface area contributed by atoms with Crippen LogP contribution in [0.1, 0.15) is 36.0 Å². The zero-order valence-corrected chi connectivity index (χ0v) is 26.2. The lowest BCUT2D eigenvalue weighted by molar-refractivity contribution is -0.133. The number of piperidine rings is 1. The van der Waals surface area contributed by atoms with E-state index in [0.717, 1.165) is 24.8 Å². The van der Waals surface area contributed by atoms with Crippen LogP contribution in [-0.4, -0.2) is 48.8 Å². The van der Waals surface area contributed by atoms with Crippen LogP contribution in [0.25, 0.3) is 12.2 Å². The van der Waals surface area contributed by atoms with Crippen LogP contribution in [0.5, 0.6) is 0 Å². The maximum absolute atomic E-state index is 14.2. The molecule has 1 aliphatic heterocycles. The molecule has 0 bridgehead atoms. The number of hydrogen-bond acceptors (Lipinski definition) is 3. The largest absolute Gasteiger partial charge is 0.353 e. The third-order valence-corrected chi connectivity index (χ3v) is 9.10. The molecular formula is C33H28BCl4N2O3. The topological polar surface area (TPSA) is 66.5 Å². The fourth-order valence-electron chi connectivity index (χ4n) is 5.11. The normalized spacial score (nSPS) is 18.0. The second-order valence-corrected chi connectivity index (χ2v) is 12.4. The summed E-state index contributed by atoms with van der Waals surface area (Å²) in [5.41, 5.74) is 3.05. The molecule has 1 saturated heterocycles. The van der Waals surface area contributed by atoms with Gasteiger partial charge in [-0.2, -0.15) is 0 Å². The molecule has 3 aromatic carbocycles. The summed E-state index contributed by atoms with van der Waals surface area (Å²) in [6.45, 7) is 0.119. The van der Waals surface area contributed by atoms with Gasteiger partial charge in [-0.25, -0.2) is 0 Å². The number of nitrogens with zero attached hydrogens (tertiary/aromatic N) is 1. The van der Waals surface area contributed by atoms with Gasteiger partial charge in [-0.1, -0.05) is 114 Å². The molecular weight excluding hydrogens is 625 g/mol. The predicted molar refractivity (Wildman–Crippen MR) is 176 cm³/mol. The van der Waals surface area contributed by atoms with Crippen molar-refractivity contribution >= 4 is 83.3 Å². The Labute approximate surface area is 272 Å². The standard InChI is InChI=1S/C33H28BCl4N2O3/c35-26-11-9-21(15-28(26)37)13-23-18-40(19-24(31(23)41)14-22-10-12-27(36)29(38)16-22)32(42)30(17-20-5-2-1-3-6-20)39-33(43)34-25-7-4-8-25/h1-3,5-6,9-16,25,30H,4,7-8,17-19H2,(H,39,43)/b23-13+,24-14+. The van der Waals surface area contributed by atoms with Crippen molar-refractivity contribution in [1.82, 2.24) is 10.2 Å². The Bertz CT molecular complexity index is 1530. The maximum atomic E-state index is 14.2. The summed E-state index contributed by atoms with van der Waals surface area (Å²) >= 11 is 24.7. The quantitative estimate of drug-likeness (QED) is 0.197. The van der Waals surface area contributed by atoms with E-state index in [2.05, 4.69) is 5.32 Å². The van der Waals surface area contributed by atoms with Gasteiger partial charge in [-0.3, -0.25) is 14.4 Å². The third kappa shape index (κ3) is 8.13. The van der Waals surface area contributed by atoms with E-state index in [1.165, 1.54) is 0 Å². The number of carbonyl (C=O) groups excluding carboxylic acids is 3. The molecule has 5 nitrogen and oxygen atoms in total. The number of nitrogens with one attached hydrogen (secondary N) is 1. The molecule has 43 heavy (non-hydrogen) atoms. The molecule has 2 fully saturated rings. The van der Waals surface area contributed by atoms with Crippen LogP contribution < -0.4 is 5.32 Å². The first-order chi connectivity index (χ1) is 20.7. The third-order valence-electron chi connectivity index (χ3n) is 7.62. The molecule has 1 unspecified atom stereocenters. The Kier molecular flexibility index (Phi) is 10.3. The maximum Gasteiger partial charge on any atom is 0.246 e. The Hall–Kier alpha value is -3.03. The number of halogens is 4. The highest BCUT2D eigenvalue weighted by molar-refractivity contribution is 6.74. The minimum absolute atomic E-state index is 0.0596. The summed E-state index contributed by atoms with van der Waals surface area (Å²) in [6, 6.07) is 18.9. The SMILES string of the molecule is O=C([B]C1CCC1)NC(Cc1ccccc1)C(=O)N1C/C(=C\c2ccc(Cl)c(Cl)c2)C(=O)/C(=C/c2ccc(Cl)c(Cl)c2)C1. The van der Waals surface area contributed by atoms with Crippen LogP contribution in [0.15, 0.2) is 77.9 Å². The highest BCUT2D eigenvalue weighted by Gasteiger charge is 2.34. The first-order valence-corrected chi connectivity index (χ1v) is 15.5. The van der Waals surface area contributed by atoms with E-state index in [0.29, 0.717) is 48.8 Å². The van der Waals surface area contributed by atoms with Gasteiger partial charge < -0.3 is 10.2 Å². The van der Waals surface area contributed by atoms with Gasteiger partial charge in [0.2, 0.25) is 13.2 Å². The van der Waals surface area contributed by atoms with Crippen molar-refractivity contribution in [2.45, 2.75) is 37.5 Å². The van der Waals surface area contributed by atoms with Crippen molar-refractivity contribution in [3.8, 4) is 0 Å². The van der Waals surface area contributed by atoms with Crippen molar-refractivity contribution in [2.24, 2.45) is 0 Å². The van der Waals surface area contributed by atoms with Gasteiger partial charge in [0.15, 0.2) is 11.6 Å². The average molecular weight is 653 g/mol. The average Bonchev–Trinajstić information content (AvgIpc) is 2.96. The number of amides is 2. The molecule has 1 heterocycles. The first-order valence-electron chi connectivity index (χ1n) is 14.0. The summed E-state index contributed by atoms with van der Waals surface area (Å²) < 4.78 is 0. The van der Waals surface area contributed by atoms with Crippen LogP contribution in [0.3, 0.4) is 0 Å². The number of rotatable bonds is 8. The lowest BCUT2D eigenvalue weighted by Crippen LogP contribution is -2.53. The molecule has 1 N–H and O–H groups in total. The Morgan fingerprint density at radius 2 is 1.40 bits per heavy atom. The monoisotopic (exact) mass is 651 g/mol. The molecule has 3 aromatic rings. The van der Waals surface area contributed by atoms with Crippen LogP contribution in [0.4, 0.5) is 4.79 Å². The lowest BCUT2D eigenvalue weighted by Gasteiger charge is -2.33. The van der Waals surface area contributed by atoms with Gasteiger partial charge in [0.25, 0.3) is 0 Å². The second-order valence-electron chi connectivity index (χ2n) is 10.8. The summed E-state index contributed by atoms with van der Waals surface area (Å²) in [5.74, 6) is -0.512. The van der Waals surface area contributed by atoms with E-state index >= 15 is 0 Å². The van der Waals surface area contributed by atoms with Gasteiger partial charge >= 0.3 is 0 Å². The first kappa shape index (κ1) is 31.4. The van der Waals surface area contributed by atoms with Crippen LogP contribution >= 0.6 is 46.4 Å². The molecule has 2 amide bonds. The Morgan fingerprint density at radius 3 is 1.88 bits per heavy atom. The van der Waals surface area contributed by atoms with Crippen LogP contribution in [-0.2, 0) is 16.0 Å². The fourth-order valence-corrected chi connectivity index (χ4v) is 5.73. The molecule has 1 radical (unpaired) electrons. The van der Waals surface area contributed by atoms with Gasteiger partial charge in [-0.15, -0.1) is 0 Å². The predicted octanol–water partition coefficient (Wildman–Crippen LogP) is 8.18. The highest BCUT2D eigenvalue weighted by atomic mass is 35.5. The van der Waals surface area contributed by atoms with E-state index < -0.39 is 6.04 Å². The van der Waals surface area contributed by atoms with Crippen LogP contribution in [0, 0.1) is 0 Å². The smallest absolute Gasteiger partial charge is 0.246 e. The molecule has 1 aliphatic carbocycles. The van der Waals surface area contributed by atoms with Crippen molar-refractivity contribution in [1.29, 1.82) is 0 Å². The molecule has 1 saturated carbocycles. The van der Waals surface area contributed by atoms with Crippen molar-refractivity contribution in [2.75, 3.05) is 13.1 Å². The molecule has 5 rings (SSSR count). The van der Waals surface area contributed by atoms with Crippen molar-refractivity contribution in [3.63, 3.8) is 0 Å². The van der Waals surface area contributed by atoms with E-state index in [1.54, 1.807) is 60.7 Å². The second kappa shape index (κ2) is 14.2. The van der Waals surface area contributed by atoms with Gasteiger partial charge in [0.1, 0.15) is 6.04 Å².